The SMILES string of the molecule is CCc1cccc(CC)c1N=Nc1c(C)cc(O)cc1C. The molecule has 3 heteroatoms. The second-order valence-electron chi connectivity index (χ2n) is 5.26. The normalized spacial score (nSPS) is 11.2. The fourth-order valence-electron chi connectivity index (χ4n) is 2.53. The topological polar surface area (TPSA) is 45.0 Å². The van der Waals surface area contributed by atoms with E-state index in [9.17, 15) is 5.11 Å². The Hall–Kier alpha value is -2.16. The van der Waals surface area contributed by atoms with Gasteiger partial charge in [-0.2, -0.15) is 0 Å². The maximum Gasteiger partial charge on any atom is 0.116 e. The maximum absolute atomic E-state index is 9.60. The van der Waals surface area contributed by atoms with Gasteiger partial charge in [0.1, 0.15) is 5.75 Å². The molecule has 2 aromatic rings. The van der Waals surface area contributed by atoms with E-state index in [0.29, 0.717) is 0 Å². The van der Waals surface area contributed by atoms with Crippen LogP contribution in [0.1, 0.15) is 36.1 Å². The molecule has 0 bridgehead atoms. The number of phenolic OH excluding ortho intramolecular Hbond substituents is 1. The van der Waals surface area contributed by atoms with Gasteiger partial charge in [0.2, 0.25) is 0 Å². The molecule has 0 heterocycles. The van der Waals surface area contributed by atoms with Crippen LogP contribution < -0.4 is 0 Å². The summed E-state index contributed by atoms with van der Waals surface area (Å²) in [4.78, 5) is 0. The summed E-state index contributed by atoms with van der Waals surface area (Å²) in [5.74, 6) is 0.271. The van der Waals surface area contributed by atoms with E-state index in [1.165, 1.54) is 11.1 Å². The van der Waals surface area contributed by atoms with Crippen molar-refractivity contribution < 1.29 is 5.11 Å². The van der Waals surface area contributed by atoms with Crippen LogP contribution in [0, 0.1) is 13.8 Å². The molecule has 0 radical (unpaired) electrons. The summed E-state index contributed by atoms with van der Waals surface area (Å²) < 4.78 is 0. The Morgan fingerprint density at radius 2 is 1.33 bits per heavy atom. The Bertz CT molecular complexity index is 630. The van der Waals surface area contributed by atoms with E-state index in [1.807, 2.05) is 13.8 Å². The highest BCUT2D eigenvalue weighted by Crippen LogP contribution is 2.32. The molecule has 2 aromatic carbocycles. The smallest absolute Gasteiger partial charge is 0.116 e. The van der Waals surface area contributed by atoms with E-state index in [4.69, 9.17) is 0 Å². The molecule has 3 nitrogen and oxygen atoms in total. The third-order valence-electron chi connectivity index (χ3n) is 3.69. The van der Waals surface area contributed by atoms with Gasteiger partial charge in [-0.05, 0) is 61.1 Å². The van der Waals surface area contributed by atoms with E-state index >= 15 is 0 Å². The van der Waals surface area contributed by atoms with Crippen LogP contribution in [0.15, 0.2) is 40.6 Å². The number of rotatable bonds is 4. The Morgan fingerprint density at radius 3 is 1.81 bits per heavy atom. The highest BCUT2D eigenvalue weighted by molar-refractivity contribution is 5.57. The first kappa shape index (κ1) is 15.2. The summed E-state index contributed by atoms with van der Waals surface area (Å²) in [5.41, 5.74) is 6.11. The van der Waals surface area contributed by atoms with Crippen molar-refractivity contribution in [3.05, 3.63) is 52.6 Å². The quantitative estimate of drug-likeness (QED) is 0.734. The Balaban J connectivity index is 2.47. The maximum atomic E-state index is 9.60. The number of azo groups is 1. The summed E-state index contributed by atoms with van der Waals surface area (Å²) in [6, 6.07) is 9.71. The molecule has 0 saturated heterocycles. The van der Waals surface area contributed by atoms with Crippen molar-refractivity contribution in [1.29, 1.82) is 0 Å². The number of aryl methyl sites for hydroxylation is 4. The zero-order valence-corrected chi connectivity index (χ0v) is 13.1. The minimum absolute atomic E-state index is 0.271. The molecule has 0 aromatic heterocycles. The van der Waals surface area contributed by atoms with Crippen molar-refractivity contribution in [3.8, 4) is 5.75 Å². The highest BCUT2D eigenvalue weighted by Gasteiger charge is 2.07. The van der Waals surface area contributed by atoms with E-state index in [2.05, 4.69) is 42.3 Å². The van der Waals surface area contributed by atoms with Crippen molar-refractivity contribution in [2.24, 2.45) is 10.2 Å². The molecule has 1 N–H and O–H groups in total. The summed E-state index contributed by atoms with van der Waals surface area (Å²) in [7, 11) is 0. The van der Waals surface area contributed by atoms with Gasteiger partial charge in [0.25, 0.3) is 0 Å². The van der Waals surface area contributed by atoms with Crippen LogP contribution in [0.4, 0.5) is 11.4 Å². The van der Waals surface area contributed by atoms with Gasteiger partial charge in [0.15, 0.2) is 0 Å². The van der Waals surface area contributed by atoms with Crippen LogP contribution in [0.25, 0.3) is 0 Å². The Morgan fingerprint density at radius 1 is 0.857 bits per heavy atom. The van der Waals surface area contributed by atoms with Gasteiger partial charge in [-0.15, -0.1) is 10.2 Å². The number of hydrogen-bond donors (Lipinski definition) is 1. The first-order valence-corrected chi connectivity index (χ1v) is 7.39. The van der Waals surface area contributed by atoms with Gasteiger partial charge in [-0.1, -0.05) is 32.0 Å². The molecule has 0 amide bonds. The molecular formula is C18H22N2O. The van der Waals surface area contributed by atoms with Crippen LogP contribution >= 0.6 is 0 Å². The Kier molecular flexibility index (Phi) is 4.73. The third kappa shape index (κ3) is 3.30. The minimum atomic E-state index is 0.271. The second kappa shape index (κ2) is 6.53. The van der Waals surface area contributed by atoms with Gasteiger partial charge < -0.3 is 5.11 Å². The largest absolute Gasteiger partial charge is 0.508 e. The van der Waals surface area contributed by atoms with Gasteiger partial charge in [0.05, 0.1) is 11.4 Å². The van der Waals surface area contributed by atoms with Crippen molar-refractivity contribution in [2.45, 2.75) is 40.5 Å². The highest BCUT2D eigenvalue weighted by atomic mass is 16.3. The summed E-state index contributed by atoms with van der Waals surface area (Å²) in [5, 5.41) is 18.6. The number of hydrogen-bond acceptors (Lipinski definition) is 3. The molecule has 21 heavy (non-hydrogen) atoms. The monoisotopic (exact) mass is 282 g/mol. The van der Waals surface area contributed by atoms with Crippen LogP contribution in [0.2, 0.25) is 0 Å². The van der Waals surface area contributed by atoms with Gasteiger partial charge in [0, 0.05) is 0 Å². The van der Waals surface area contributed by atoms with Crippen molar-refractivity contribution in [3.63, 3.8) is 0 Å². The van der Waals surface area contributed by atoms with Gasteiger partial charge in [-0.3, -0.25) is 0 Å². The molecule has 2 rings (SSSR count). The summed E-state index contributed by atoms with van der Waals surface area (Å²) in [6.07, 6.45) is 1.88. The second-order valence-corrected chi connectivity index (χ2v) is 5.26. The van der Waals surface area contributed by atoms with Crippen molar-refractivity contribution in [1.82, 2.24) is 0 Å². The fourth-order valence-corrected chi connectivity index (χ4v) is 2.53. The molecule has 0 aliphatic rings. The molecule has 0 unspecified atom stereocenters. The van der Waals surface area contributed by atoms with Crippen LogP contribution in [-0.4, -0.2) is 5.11 Å². The molecule has 0 fully saturated rings. The molecular weight excluding hydrogens is 260 g/mol. The first-order valence-electron chi connectivity index (χ1n) is 7.39. The zero-order chi connectivity index (χ0) is 15.4. The lowest BCUT2D eigenvalue weighted by Gasteiger charge is -2.08. The average molecular weight is 282 g/mol. The van der Waals surface area contributed by atoms with E-state index in [-0.39, 0.29) is 5.75 Å². The molecule has 0 aliphatic carbocycles. The Labute approximate surface area is 126 Å². The standard InChI is InChI=1S/C18H22N2O/c1-5-14-8-7-9-15(6-2)18(14)20-19-17-12(3)10-16(21)11-13(17)4/h7-11,21H,5-6H2,1-4H3. The molecule has 0 aliphatic heterocycles. The molecule has 0 atom stereocenters. The van der Waals surface area contributed by atoms with E-state index in [1.54, 1.807) is 12.1 Å². The van der Waals surface area contributed by atoms with Crippen LogP contribution in [0.3, 0.4) is 0 Å². The molecule has 0 spiro atoms. The number of aromatic hydroxyl groups is 1. The van der Waals surface area contributed by atoms with E-state index < -0.39 is 0 Å². The average Bonchev–Trinajstić information content (AvgIpc) is 2.45. The lowest BCUT2D eigenvalue weighted by molar-refractivity contribution is 0.474. The van der Waals surface area contributed by atoms with E-state index in [0.717, 1.165) is 35.3 Å². The predicted molar refractivity (Wildman–Crippen MR) is 87.0 cm³/mol. The molecule has 0 saturated carbocycles. The fraction of sp³-hybridized carbons (Fsp3) is 0.333. The number of benzene rings is 2. The van der Waals surface area contributed by atoms with Crippen LogP contribution in [-0.2, 0) is 12.8 Å². The first-order chi connectivity index (χ1) is 10.1. The lowest BCUT2D eigenvalue weighted by Crippen LogP contribution is -1.88. The third-order valence-corrected chi connectivity index (χ3v) is 3.69. The summed E-state index contributed by atoms with van der Waals surface area (Å²) >= 11 is 0. The number of phenols is 1. The van der Waals surface area contributed by atoms with Gasteiger partial charge >= 0.3 is 0 Å². The number of nitrogens with zero attached hydrogens (tertiary/aromatic N) is 2. The summed E-state index contributed by atoms with van der Waals surface area (Å²) in [6.45, 7) is 8.14. The molecule has 110 valence electrons. The lowest BCUT2D eigenvalue weighted by atomic mass is 10.0. The predicted octanol–water partition coefficient (Wildman–Crippen LogP) is 5.55. The zero-order valence-electron chi connectivity index (χ0n) is 13.1. The van der Waals surface area contributed by atoms with Crippen molar-refractivity contribution in [2.75, 3.05) is 0 Å². The van der Waals surface area contributed by atoms with Crippen LogP contribution in [0.5, 0.6) is 5.75 Å². The van der Waals surface area contributed by atoms with Crippen molar-refractivity contribution >= 4 is 11.4 Å². The van der Waals surface area contributed by atoms with Gasteiger partial charge in [-0.25, -0.2) is 0 Å². The minimum Gasteiger partial charge on any atom is -0.508 e.